The summed E-state index contributed by atoms with van der Waals surface area (Å²) in [6.45, 7) is 9.22. The molecule has 0 aromatic carbocycles. The number of ether oxygens (including phenoxy) is 1. The molecule has 0 saturated heterocycles. The van der Waals surface area contributed by atoms with Gasteiger partial charge in [-0.15, -0.1) is 0 Å². The van der Waals surface area contributed by atoms with Gasteiger partial charge in [0.15, 0.2) is 5.78 Å². The van der Waals surface area contributed by atoms with Crippen LogP contribution in [-0.2, 0) is 14.3 Å². The number of rotatable bonds is 4. The van der Waals surface area contributed by atoms with Crippen LogP contribution in [0.25, 0.3) is 0 Å². The van der Waals surface area contributed by atoms with Crippen LogP contribution in [0.3, 0.4) is 0 Å². The first-order valence-electron chi connectivity index (χ1n) is 7.11. The number of carbonyl (C=O) groups is 2. The smallest absolute Gasteiger partial charge is 0.367 e. The molecule has 0 aromatic heterocycles. The predicted octanol–water partition coefficient (Wildman–Crippen LogP) is 3.91. The van der Waals surface area contributed by atoms with E-state index in [1.54, 1.807) is 19.1 Å². The third-order valence-electron chi connectivity index (χ3n) is 3.69. The minimum absolute atomic E-state index is 0.0418. The molecule has 0 aromatic rings. The second-order valence-corrected chi connectivity index (χ2v) is 6.07. The van der Waals surface area contributed by atoms with Gasteiger partial charge in [0.05, 0.1) is 6.61 Å². The van der Waals surface area contributed by atoms with E-state index in [2.05, 4.69) is 4.74 Å². The number of esters is 1. The molecular weight excluding hydrogens is 271 g/mol. The maximum absolute atomic E-state index is 13.8. The van der Waals surface area contributed by atoms with Crippen molar-refractivity contribution >= 4 is 11.8 Å². The van der Waals surface area contributed by atoms with Crippen LogP contribution < -0.4 is 0 Å². The van der Waals surface area contributed by atoms with Crippen LogP contribution in [0.2, 0.25) is 0 Å². The molecule has 116 valence electrons. The summed E-state index contributed by atoms with van der Waals surface area (Å²) in [4.78, 5) is 22.9. The summed E-state index contributed by atoms with van der Waals surface area (Å²) < 4.78 is 18.4. The molecule has 0 fully saturated rings. The normalized spacial score (nSPS) is 22.9. The number of hydrogen-bond acceptors (Lipinski definition) is 3. The van der Waals surface area contributed by atoms with E-state index < -0.39 is 11.8 Å². The zero-order valence-electron chi connectivity index (χ0n) is 13.3. The van der Waals surface area contributed by atoms with E-state index in [4.69, 9.17) is 0 Å². The third-order valence-corrected chi connectivity index (χ3v) is 3.69. The number of carbonyl (C=O) groups excluding carboxylic acids is 2. The van der Waals surface area contributed by atoms with E-state index in [1.165, 1.54) is 6.92 Å². The lowest BCUT2D eigenvalue weighted by atomic mass is 9.68. The summed E-state index contributed by atoms with van der Waals surface area (Å²) in [5.74, 6) is -1.66. The molecule has 1 unspecified atom stereocenters. The SMILES string of the molecule is CCOC(=O)/C(F)=C(C)\C=C\C1C(C)=CC(=O)CC1(C)C. The van der Waals surface area contributed by atoms with Crippen LogP contribution in [0.4, 0.5) is 4.39 Å². The Balaban J connectivity index is 2.98. The molecule has 0 amide bonds. The van der Waals surface area contributed by atoms with Gasteiger partial charge in [0.2, 0.25) is 5.83 Å². The summed E-state index contributed by atoms with van der Waals surface area (Å²) in [7, 11) is 0. The van der Waals surface area contributed by atoms with E-state index in [0.717, 1.165) is 5.57 Å². The van der Waals surface area contributed by atoms with Gasteiger partial charge in [-0.25, -0.2) is 4.79 Å². The Bertz CT molecular complexity index is 524. The Hall–Kier alpha value is -1.71. The maximum Gasteiger partial charge on any atom is 0.367 e. The van der Waals surface area contributed by atoms with Crippen molar-refractivity contribution < 1.29 is 18.7 Å². The minimum Gasteiger partial charge on any atom is -0.461 e. The Kier molecular flexibility index (Phi) is 5.64. The molecule has 0 heterocycles. The highest BCUT2D eigenvalue weighted by Gasteiger charge is 2.34. The van der Waals surface area contributed by atoms with Crippen LogP contribution in [0.1, 0.15) is 41.0 Å². The van der Waals surface area contributed by atoms with Crippen molar-refractivity contribution in [2.75, 3.05) is 6.61 Å². The molecule has 0 aliphatic heterocycles. The molecule has 0 radical (unpaired) electrons. The van der Waals surface area contributed by atoms with Gasteiger partial charge in [0.25, 0.3) is 0 Å². The number of hydrogen-bond donors (Lipinski definition) is 0. The average Bonchev–Trinajstić information content (AvgIpc) is 2.35. The zero-order chi connectivity index (χ0) is 16.2. The summed E-state index contributed by atoms with van der Waals surface area (Å²) >= 11 is 0. The molecule has 1 atom stereocenters. The van der Waals surface area contributed by atoms with Gasteiger partial charge < -0.3 is 4.74 Å². The van der Waals surface area contributed by atoms with Crippen LogP contribution >= 0.6 is 0 Å². The van der Waals surface area contributed by atoms with E-state index in [1.807, 2.05) is 26.8 Å². The van der Waals surface area contributed by atoms with Gasteiger partial charge in [-0.05, 0) is 37.8 Å². The number of halogens is 1. The van der Waals surface area contributed by atoms with Crippen molar-refractivity contribution in [2.45, 2.75) is 41.0 Å². The van der Waals surface area contributed by atoms with Crippen molar-refractivity contribution in [3.63, 3.8) is 0 Å². The monoisotopic (exact) mass is 294 g/mol. The van der Waals surface area contributed by atoms with Gasteiger partial charge in [-0.1, -0.05) is 31.6 Å². The molecule has 21 heavy (non-hydrogen) atoms. The van der Waals surface area contributed by atoms with Gasteiger partial charge in [0.1, 0.15) is 0 Å². The molecule has 0 spiro atoms. The molecule has 1 aliphatic rings. The predicted molar refractivity (Wildman–Crippen MR) is 80.2 cm³/mol. The van der Waals surface area contributed by atoms with Crippen molar-refractivity contribution in [3.05, 3.63) is 35.2 Å². The van der Waals surface area contributed by atoms with Crippen LogP contribution in [0.5, 0.6) is 0 Å². The summed E-state index contributed by atoms with van der Waals surface area (Å²) in [5.41, 5.74) is 0.971. The van der Waals surface area contributed by atoms with Crippen LogP contribution in [0.15, 0.2) is 35.2 Å². The molecule has 1 aliphatic carbocycles. The fourth-order valence-corrected chi connectivity index (χ4v) is 2.65. The van der Waals surface area contributed by atoms with Crippen molar-refractivity contribution in [2.24, 2.45) is 11.3 Å². The average molecular weight is 294 g/mol. The van der Waals surface area contributed by atoms with E-state index in [0.29, 0.717) is 6.42 Å². The van der Waals surface area contributed by atoms with E-state index >= 15 is 0 Å². The minimum atomic E-state index is -0.940. The first-order valence-corrected chi connectivity index (χ1v) is 7.11. The largest absolute Gasteiger partial charge is 0.461 e. The highest BCUT2D eigenvalue weighted by molar-refractivity contribution is 5.92. The standard InChI is InChI=1S/C17H23FO3/c1-6-21-16(20)15(18)11(2)7-8-14-12(3)9-13(19)10-17(14,4)5/h7-9,14H,6,10H2,1-5H3/b8-7+,15-11+. The molecule has 3 nitrogen and oxygen atoms in total. The van der Waals surface area contributed by atoms with Gasteiger partial charge in [-0.3, -0.25) is 4.79 Å². The van der Waals surface area contributed by atoms with Gasteiger partial charge in [0, 0.05) is 12.3 Å². The second kappa shape index (κ2) is 6.83. The Morgan fingerprint density at radius 2 is 2.14 bits per heavy atom. The van der Waals surface area contributed by atoms with Crippen LogP contribution in [-0.4, -0.2) is 18.4 Å². The summed E-state index contributed by atoms with van der Waals surface area (Å²) in [6, 6.07) is 0. The molecule has 0 saturated carbocycles. The van der Waals surface area contributed by atoms with Crippen molar-refractivity contribution in [1.82, 2.24) is 0 Å². The summed E-state index contributed by atoms with van der Waals surface area (Å²) in [5, 5.41) is 0. The van der Waals surface area contributed by atoms with E-state index in [-0.39, 0.29) is 29.3 Å². The lowest BCUT2D eigenvalue weighted by molar-refractivity contribution is -0.140. The van der Waals surface area contributed by atoms with Gasteiger partial charge in [-0.2, -0.15) is 4.39 Å². The zero-order valence-corrected chi connectivity index (χ0v) is 13.3. The first kappa shape index (κ1) is 17.3. The third kappa shape index (κ3) is 4.38. The highest BCUT2D eigenvalue weighted by Crippen LogP contribution is 2.40. The van der Waals surface area contributed by atoms with Gasteiger partial charge >= 0.3 is 5.97 Å². The maximum atomic E-state index is 13.8. The molecule has 0 N–H and O–H groups in total. The Labute approximate surface area is 125 Å². The van der Waals surface area contributed by atoms with E-state index in [9.17, 15) is 14.0 Å². The Morgan fingerprint density at radius 1 is 1.52 bits per heavy atom. The molecular formula is C17H23FO3. The molecule has 1 rings (SSSR count). The molecule has 0 bridgehead atoms. The fourth-order valence-electron chi connectivity index (χ4n) is 2.65. The van der Waals surface area contributed by atoms with Crippen molar-refractivity contribution in [3.8, 4) is 0 Å². The Morgan fingerprint density at radius 3 is 2.67 bits per heavy atom. The summed E-state index contributed by atoms with van der Waals surface area (Å²) in [6.07, 6.45) is 5.54. The first-order chi connectivity index (χ1) is 9.69. The number of ketones is 1. The second-order valence-electron chi connectivity index (χ2n) is 6.07. The highest BCUT2D eigenvalue weighted by atomic mass is 19.1. The topological polar surface area (TPSA) is 43.4 Å². The lowest BCUT2D eigenvalue weighted by Gasteiger charge is -2.35. The van der Waals surface area contributed by atoms with Crippen molar-refractivity contribution in [1.29, 1.82) is 0 Å². The molecule has 4 heteroatoms. The fraction of sp³-hybridized carbons (Fsp3) is 0.529. The quantitative estimate of drug-likeness (QED) is 0.448. The number of allylic oxidation sites excluding steroid dienone is 5. The van der Waals surface area contributed by atoms with Crippen LogP contribution in [0, 0.1) is 11.3 Å². The lowest BCUT2D eigenvalue weighted by Crippen LogP contribution is -2.30.